The predicted octanol–water partition coefficient (Wildman–Crippen LogP) is 0.458. The van der Waals surface area contributed by atoms with E-state index in [2.05, 4.69) is 10.3 Å². The Morgan fingerprint density at radius 2 is 1.96 bits per heavy atom. The SMILES string of the molecule is C[NH+](C)CCNC(=O)c1cc2cccnc2n(Cc2ccc(F)cc2)c1=O. The summed E-state index contributed by atoms with van der Waals surface area (Å²) in [6.45, 7) is 1.43. The van der Waals surface area contributed by atoms with Gasteiger partial charge in [0, 0.05) is 11.6 Å². The van der Waals surface area contributed by atoms with Gasteiger partial charge >= 0.3 is 0 Å². The highest BCUT2D eigenvalue weighted by molar-refractivity contribution is 5.96. The zero-order valence-corrected chi connectivity index (χ0v) is 15.3. The molecule has 0 atom stereocenters. The molecule has 2 aromatic heterocycles. The highest BCUT2D eigenvalue weighted by Crippen LogP contribution is 2.13. The van der Waals surface area contributed by atoms with Gasteiger partial charge in [-0.15, -0.1) is 0 Å². The van der Waals surface area contributed by atoms with Crippen LogP contribution in [0.15, 0.2) is 53.5 Å². The first kappa shape index (κ1) is 18.7. The average molecular weight is 369 g/mol. The lowest BCUT2D eigenvalue weighted by Crippen LogP contribution is -3.06. The van der Waals surface area contributed by atoms with E-state index in [0.29, 0.717) is 17.6 Å². The predicted molar refractivity (Wildman–Crippen MR) is 102 cm³/mol. The molecule has 2 N–H and O–H groups in total. The Bertz CT molecular complexity index is 1010. The molecular formula is C20H22FN4O2+. The van der Waals surface area contributed by atoms with Gasteiger partial charge in [-0.05, 0) is 35.9 Å². The summed E-state index contributed by atoms with van der Waals surface area (Å²) in [5, 5.41) is 3.49. The second-order valence-electron chi connectivity index (χ2n) is 6.71. The normalized spacial score (nSPS) is 11.1. The third-order valence-corrected chi connectivity index (χ3v) is 4.26. The highest BCUT2D eigenvalue weighted by Gasteiger charge is 2.16. The number of benzene rings is 1. The summed E-state index contributed by atoms with van der Waals surface area (Å²) in [5.74, 6) is -0.745. The molecule has 0 saturated carbocycles. The number of carbonyl (C=O) groups excluding carboxylic acids is 1. The molecule has 1 amide bonds. The number of quaternary nitrogens is 1. The van der Waals surface area contributed by atoms with Gasteiger partial charge in [0.15, 0.2) is 0 Å². The number of aromatic nitrogens is 2. The quantitative estimate of drug-likeness (QED) is 0.663. The van der Waals surface area contributed by atoms with Gasteiger partial charge in [0.05, 0.1) is 33.7 Å². The van der Waals surface area contributed by atoms with Crippen molar-refractivity contribution in [3.63, 3.8) is 0 Å². The molecule has 3 rings (SSSR count). The summed E-state index contributed by atoms with van der Waals surface area (Å²) in [7, 11) is 3.98. The van der Waals surface area contributed by atoms with Crippen LogP contribution in [0.25, 0.3) is 11.0 Å². The summed E-state index contributed by atoms with van der Waals surface area (Å²) < 4.78 is 14.6. The van der Waals surface area contributed by atoms with E-state index in [9.17, 15) is 14.0 Å². The van der Waals surface area contributed by atoms with E-state index in [1.807, 2.05) is 20.2 Å². The molecule has 0 radical (unpaired) electrons. The van der Waals surface area contributed by atoms with Gasteiger partial charge in [-0.25, -0.2) is 9.37 Å². The first-order valence-electron chi connectivity index (χ1n) is 8.76. The van der Waals surface area contributed by atoms with E-state index in [-0.39, 0.29) is 17.9 Å². The lowest BCUT2D eigenvalue weighted by atomic mass is 10.1. The van der Waals surface area contributed by atoms with Crippen molar-refractivity contribution in [1.29, 1.82) is 0 Å². The van der Waals surface area contributed by atoms with Crippen molar-refractivity contribution in [1.82, 2.24) is 14.9 Å². The highest BCUT2D eigenvalue weighted by atomic mass is 19.1. The van der Waals surface area contributed by atoms with Gasteiger partial charge < -0.3 is 10.2 Å². The van der Waals surface area contributed by atoms with Crippen LogP contribution in [0.4, 0.5) is 4.39 Å². The fraction of sp³-hybridized carbons (Fsp3) is 0.250. The number of halogens is 1. The first-order chi connectivity index (χ1) is 13.0. The van der Waals surface area contributed by atoms with Crippen molar-refractivity contribution in [2.45, 2.75) is 6.54 Å². The molecule has 7 heteroatoms. The molecule has 2 heterocycles. The molecule has 0 aliphatic rings. The third kappa shape index (κ3) is 4.38. The number of likely N-dealkylation sites (N-methyl/N-ethyl adjacent to an activating group) is 1. The van der Waals surface area contributed by atoms with Crippen molar-refractivity contribution >= 4 is 16.9 Å². The summed E-state index contributed by atoms with van der Waals surface area (Å²) in [6, 6.07) is 11.1. The molecule has 0 spiro atoms. The zero-order chi connectivity index (χ0) is 19.4. The van der Waals surface area contributed by atoms with E-state index in [0.717, 1.165) is 12.1 Å². The minimum absolute atomic E-state index is 0.0753. The minimum atomic E-state index is -0.416. The maximum Gasteiger partial charge on any atom is 0.265 e. The largest absolute Gasteiger partial charge is 0.346 e. The van der Waals surface area contributed by atoms with Gasteiger partial charge in [-0.1, -0.05) is 12.1 Å². The number of nitrogens with zero attached hydrogens (tertiary/aromatic N) is 2. The lowest BCUT2D eigenvalue weighted by molar-refractivity contribution is -0.856. The topological polar surface area (TPSA) is 68.4 Å². The number of hydrogen-bond donors (Lipinski definition) is 2. The van der Waals surface area contributed by atoms with E-state index in [1.54, 1.807) is 30.5 Å². The fourth-order valence-corrected chi connectivity index (χ4v) is 2.81. The third-order valence-electron chi connectivity index (χ3n) is 4.26. The number of rotatable bonds is 6. The summed E-state index contributed by atoms with van der Waals surface area (Å²) in [4.78, 5) is 31.0. The molecule has 0 aliphatic heterocycles. The zero-order valence-electron chi connectivity index (χ0n) is 15.3. The Morgan fingerprint density at radius 1 is 1.22 bits per heavy atom. The summed E-state index contributed by atoms with van der Waals surface area (Å²) in [6.07, 6.45) is 1.60. The summed E-state index contributed by atoms with van der Waals surface area (Å²) >= 11 is 0. The van der Waals surface area contributed by atoms with Crippen LogP contribution in [-0.4, -0.2) is 42.6 Å². The minimum Gasteiger partial charge on any atom is -0.346 e. The molecule has 0 fully saturated rings. The number of hydrogen-bond acceptors (Lipinski definition) is 3. The van der Waals surface area contributed by atoms with E-state index in [1.165, 1.54) is 21.6 Å². The lowest BCUT2D eigenvalue weighted by Gasteiger charge is -2.13. The van der Waals surface area contributed by atoms with Crippen LogP contribution in [0.1, 0.15) is 15.9 Å². The Labute approximate surface area is 156 Å². The van der Waals surface area contributed by atoms with Crippen molar-refractivity contribution in [2.75, 3.05) is 27.2 Å². The average Bonchev–Trinajstić information content (AvgIpc) is 2.65. The maximum absolute atomic E-state index is 13.2. The molecule has 27 heavy (non-hydrogen) atoms. The fourth-order valence-electron chi connectivity index (χ4n) is 2.81. The molecule has 0 bridgehead atoms. The molecule has 0 saturated heterocycles. The van der Waals surface area contributed by atoms with Gasteiger partial charge in [-0.3, -0.25) is 14.2 Å². The van der Waals surface area contributed by atoms with Crippen LogP contribution in [0, 0.1) is 5.82 Å². The molecule has 6 nitrogen and oxygen atoms in total. The Balaban J connectivity index is 2.00. The van der Waals surface area contributed by atoms with Gasteiger partial charge in [0.1, 0.15) is 17.0 Å². The van der Waals surface area contributed by atoms with Crippen LogP contribution < -0.4 is 15.8 Å². The monoisotopic (exact) mass is 369 g/mol. The van der Waals surface area contributed by atoms with Crippen molar-refractivity contribution in [2.24, 2.45) is 0 Å². The van der Waals surface area contributed by atoms with Crippen LogP contribution in [-0.2, 0) is 6.54 Å². The molecule has 1 aromatic carbocycles. The van der Waals surface area contributed by atoms with Gasteiger partial charge in [-0.2, -0.15) is 0 Å². The maximum atomic E-state index is 13.2. The standard InChI is InChI=1S/C20H21FN4O2/c1-24(2)11-10-23-19(26)17-12-15-4-3-9-22-18(15)25(20(17)27)13-14-5-7-16(21)8-6-14/h3-9,12H,10-11,13H2,1-2H3,(H,23,26)/p+1. The Morgan fingerprint density at radius 3 is 2.67 bits per heavy atom. The van der Waals surface area contributed by atoms with E-state index < -0.39 is 11.5 Å². The second kappa shape index (κ2) is 8.09. The molecule has 0 aliphatic carbocycles. The van der Waals surface area contributed by atoms with Crippen molar-refractivity contribution in [3.05, 3.63) is 76.0 Å². The van der Waals surface area contributed by atoms with Crippen LogP contribution >= 0.6 is 0 Å². The Kier molecular flexibility index (Phi) is 5.61. The second-order valence-corrected chi connectivity index (χ2v) is 6.71. The number of carbonyl (C=O) groups is 1. The molecular weight excluding hydrogens is 347 g/mol. The number of amides is 1. The molecule has 140 valence electrons. The van der Waals surface area contributed by atoms with E-state index in [4.69, 9.17) is 0 Å². The smallest absolute Gasteiger partial charge is 0.265 e. The Hall–Kier alpha value is -3.06. The van der Waals surface area contributed by atoms with Crippen LogP contribution in [0.5, 0.6) is 0 Å². The van der Waals surface area contributed by atoms with Crippen LogP contribution in [0.3, 0.4) is 0 Å². The summed E-state index contributed by atoms with van der Waals surface area (Å²) in [5.41, 5.74) is 0.895. The van der Waals surface area contributed by atoms with Crippen molar-refractivity contribution < 1.29 is 14.1 Å². The number of pyridine rings is 2. The van der Waals surface area contributed by atoms with Crippen LogP contribution in [0.2, 0.25) is 0 Å². The molecule has 0 unspecified atom stereocenters. The van der Waals surface area contributed by atoms with Gasteiger partial charge in [0.25, 0.3) is 11.5 Å². The van der Waals surface area contributed by atoms with Crippen molar-refractivity contribution in [3.8, 4) is 0 Å². The molecule has 3 aromatic rings. The van der Waals surface area contributed by atoms with E-state index >= 15 is 0 Å². The first-order valence-corrected chi connectivity index (χ1v) is 8.76. The van der Waals surface area contributed by atoms with Gasteiger partial charge in [0.2, 0.25) is 0 Å². The number of fused-ring (bicyclic) bond motifs is 1. The number of nitrogens with one attached hydrogen (secondary N) is 2.